The largest absolute Gasteiger partial charge is 0.437 e. The summed E-state index contributed by atoms with van der Waals surface area (Å²) in [5.74, 6) is 1.37. The fourth-order valence-electron chi connectivity index (χ4n) is 2.21. The molecule has 0 radical (unpaired) electrons. The molecule has 1 unspecified atom stereocenters. The van der Waals surface area contributed by atoms with Crippen molar-refractivity contribution in [1.82, 2.24) is 9.38 Å². The molecule has 0 amide bonds. The Morgan fingerprint density at radius 1 is 1.24 bits per heavy atom. The molecule has 21 heavy (non-hydrogen) atoms. The number of halogens is 1. The molecule has 3 aromatic rings. The Bertz CT molecular complexity index is 750. The van der Waals surface area contributed by atoms with Crippen LogP contribution in [0, 0.1) is 0 Å². The second-order valence-corrected chi connectivity index (χ2v) is 5.95. The van der Waals surface area contributed by atoms with Gasteiger partial charge in [0, 0.05) is 23.1 Å². The van der Waals surface area contributed by atoms with Crippen LogP contribution in [0.15, 0.2) is 53.1 Å². The molecule has 1 atom stereocenters. The van der Waals surface area contributed by atoms with Gasteiger partial charge in [0.15, 0.2) is 0 Å². The van der Waals surface area contributed by atoms with Crippen molar-refractivity contribution in [3.8, 4) is 11.6 Å². The zero-order valence-corrected chi connectivity index (χ0v) is 13.2. The third-order valence-corrected chi connectivity index (χ3v) is 3.66. The number of nitrogens with zero attached hydrogens (tertiary/aromatic N) is 2. The number of rotatable bonds is 4. The first kappa shape index (κ1) is 14.1. The first-order valence-corrected chi connectivity index (χ1v) is 7.58. The zero-order valence-electron chi connectivity index (χ0n) is 11.7. The molecule has 0 saturated carbocycles. The number of fused-ring (bicyclic) bond motifs is 1. The topological polar surface area (TPSA) is 52.5 Å². The van der Waals surface area contributed by atoms with Gasteiger partial charge < -0.3 is 14.9 Å². The summed E-state index contributed by atoms with van der Waals surface area (Å²) in [4.78, 5) is 4.56. The maximum absolute atomic E-state index is 5.95. The summed E-state index contributed by atoms with van der Waals surface area (Å²) in [5, 5.41) is 0. The predicted molar refractivity (Wildman–Crippen MR) is 86.8 cm³/mol. The lowest BCUT2D eigenvalue weighted by atomic mass is 10.2. The smallest absolute Gasteiger partial charge is 0.241 e. The van der Waals surface area contributed by atoms with E-state index in [4.69, 9.17) is 10.5 Å². The summed E-state index contributed by atoms with van der Waals surface area (Å²) in [6, 6.07) is 13.6. The van der Waals surface area contributed by atoms with Gasteiger partial charge in [-0.1, -0.05) is 22.0 Å². The van der Waals surface area contributed by atoms with E-state index in [9.17, 15) is 0 Å². The van der Waals surface area contributed by atoms with E-state index in [0.29, 0.717) is 12.3 Å². The van der Waals surface area contributed by atoms with Gasteiger partial charge in [0.05, 0.1) is 5.69 Å². The molecule has 1 aromatic carbocycles. The van der Waals surface area contributed by atoms with Crippen molar-refractivity contribution >= 4 is 21.6 Å². The molecule has 2 N–H and O–H groups in total. The molecule has 0 bridgehead atoms. The van der Waals surface area contributed by atoms with Crippen LogP contribution in [0.2, 0.25) is 0 Å². The highest BCUT2D eigenvalue weighted by Gasteiger charge is 2.15. The minimum Gasteiger partial charge on any atom is -0.437 e. The van der Waals surface area contributed by atoms with Crippen LogP contribution in [0.4, 0.5) is 0 Å². The van der Waals surface area contributed by atoms with Crippen LogP contribution < -0.4 is 10.5 Å². The monoisotopic (exact) mass is 345 g/mol. The summed E-state index contributed by atoms with van der Waals surface area (Å²) in [5.41, 5.74) is 7.80. The Hall–Kier alpha value is -1.85. The molecule has 2 aromatic heterocycles. The van der Waals surface area contributed by atoms with Crippen molar-refractivity contribution in [3.63, 3.8) is 0 Å². The van der Waals surface area contributed by atoms with Gasteiger partial charge in [-0.15, -0.1) is 0 Å². The molecule has 0 fully saturated rings. The van der Waals surface area contributed by atoms with Gasteiger partial charge in [0.2, 0.25) is 5.88 Å². The van der Waals surface area contributed by atoms with Gasteiger partial charge in [-0.25, -0.2) is 0 Å². The minimum atomic E-state index is 0.0392. The van der Waals surface area contributed by atoms with Crippen LogP contribution in [0.3, 0.4) is 0 Å². The average Bonchev–Trinajstić information content (AvgIpc) is 2.79. The Balaban J connectivity index is 2.02. The van der Waals surface area contributed by atoms with Crippen LogP contribution in [-0.2, 0) is 6.42 Å². The van der Waals surface area contributed by atoms with Crippen LogP contribution in [0.25, 0.3) is 5.65 Å². The molecule has 5 heteroatoms. The molecule has 2 heterocycles. The Morgan fingerprint density at radius 2 is 2.00 bits per heavy atom. The van der Waals surface area contributed by atoms with E-state index in [1.807, 2.05) is 60.0 Å². The van der Waals surface area contributed by atoms with E-state index in [1.165, 1.54) is 0 Å². The maximum Gasteiger partial charge on any atom is 0.241 e. The Morgan fingerprint density at radius 3 is 2.71 bits per heavy atom. The van der Waals surface area contributed by atoms with Crippen LogP contribution in [0.5, 0.6) is 11.6 Å². The SMILES string of the molecule is CC(N)Cc1c(Oc2ccc(Br)cc2)nc2ccccn12. The lowest BCUT2D eigenvalue weighted by molar-refractivity contribution is 0.456. The number of nitrogens with two attached hydrogens (primary N) is 1. The third-order valence-electron chi connectivity index (χ3n) is 3.14. The van der Waals surface area contributed by atoms with E-state index < -0.39 is 0 Å². The highest BCUT2D eigenvalue weighted by Crippen LogP contribution is 2.27. The predicted octanol–water partition coefficient (Wildman–Crippen LogP) is 3.78. The molecule has 0 aliphatic rings. The van der Waals surface area contributed by atoms with Crippen molar-refractivity contribution in [2.75, 3.05) is 0 Å². The number of hydrogen-bond acceptors (Lipinski definition) is 3. The van der Waals surface area contributed by atoms with Gasteiger partial charge in [0.1, 0.15) is 11.4 Å². The first-order chi connectivity index (χ1) is 10.1. The van der Waals surface area contributed by atoms with Crippen LogP contribution in [-0.4, -0.2) is 15.4 Å². The van der Waals surface area contributed by atoms with E-state index >= 15 is 0 Å². The van der Waals surface area contributed by atoms with Crippen molar-refractivity contribution in [1.29, 1.82) is 0 Å². The van der Waals surface area contributed by atoms with Crippen molar-refractivity contribution in [2.24, 2.45) is 5.73 Å². The standard InChI is InChI=1S/C16H16BrN3O/c1-11(18)10-14-16(19-15-4-2-3-9-20(14)15)21-13-7-5-12(17)6-8-13/h2-9,11H,10,18H2,1H3. The summed E-state index contributed by atoms with van der Waals surface area (Å²) < 4.78 is 8.98. The van der Waals surface area contributed by atoms with Crippen molar-refractivity contribution < 1.29 is 4.74 Å². The van der Waals surface area contributed by atoms with E-state index in [1.54, 1.807) is 0 Å². The normalized spacial score (nSPS) is 12.5. The number of benzene rings is 1. The Kier molecular flexibility index (Phi) is 3.94. The fraction of sp³-hybridized carbons (Fsp3) is 0.188. The molecular formula is C16H16BrN3O. The molecule has 0 aliphatic heterocycles. The van der Waals surface area contributed by atoms with Gasteiger partial charge in [-0.2, -0.15) is 4.98 Å². The molecule has 0 spiro atoms. The first-order valence-electron chi connectivity index (χ1n) is 6.78. The maximum atomic E-state index is 5.95. The molecule has 108 valence electrons. The van der Waals surface area contributed by atoms with Crippen molar-refractivity contribution in [3.05, 3.63) is 58.8 Å². The van der Waals surface area contributed by atoms with E-state index in [0.717, 1.165) is 21.6 Å². The van der Waals surface area contributed by atoms with Crippen molar-refractivity contribution in [2.45, 2.75) is 19.4 Å². The summed E-state index contributed by atoms with van der Waals surface area (Å²) in [6.07, 6.45) is 2.69. The lowest BCUT2D eigenvalue weighted by Crippen LogP contribution is -2.19. The van der Waals surface area contributed by atoms with E-state index in [-0.39, 0.29) is 6.04 Å². The highest BCUT2D eigenvalue weighted by atomic mass is 79.9. The zero-order chi connectivity index (χ0) is 14.8. The van der Waals surface area contributed by atoms with Crippen LogP contribution in [0.1, 0.15) is 12.6 Å². The highest BCUT2D eigenvalue weighted by molar-refractivity contribution is 9.10. The molecule has 0 aliphatic carbocycles. The third kappa shape index (κ3) is 3.09. The number of hydrogen-bond donors (Lipinski definition) is 1. The number of pyridine rings is 1. The summed E-state index contributed by atoms with van der Waals surface area (Å²) in [7, 11) is 0. The van der Waals surface area contributed by atoms with E-state index in [2.05, 4.69) is 20.9 Å². The fourth-order valence-corrected chi connectivity index (χ4v) is 2.48. The summed E-state index contributed by atoms with van der Waals surface area (Å²) >= 11 is 3.41. The number of aromatic nitrogens is 2. The second kappa shape index (κ2) is 5.87. The minimum absolute atomic E-state index is 0.0392. The molecule has 3 rings (SSSR count). The van der Waals surface area contributed by atoms with Gasteiger partial charge in [-0.05, 0) is 43.3 Å². The van der Waals surface area contributed by atoms with Gasteiger partial charge in [-0.3, -0.25) is 0 Å². The molecular weight excluding hydrogens is 330 g/mol. The Labute approximate surface area is 131 Å². The quantitative estimate of drug-likeness (QED) is 0.782. The lowest BCUT2D eigenvalue weighted by Gasteiger charge is -2.08. The summed E-state index contributed by atoms with van der Waals surface area (Å²) in [6.45, 7) is 1.98. The van der Waals surface area contributed by atoms with Gasteiger partial charge >= 0.3 is 0 Å². The number of ether oxygens (including phenoxy) is 1. The second-order valence-electron chi connectivity index (χ2n) is 5.03. The van der Waals surface area contributed by atoms with Gasteiger partial charge in [0.25, 0.3) is 0 Å². The molecule has 4 nitrogen and oxygen atoms in total. The average molecular weight is 346 g/mol. The molecule has 0 saturated heterocycles. The number of imidazole rings is 1. The van der Waals surface area contributed by atoms with Crippen LogP contribution >= 0.6 is 15.9 Å².